The minimum absolute atomic E-state index is 0.135. The average Bonchev–Trinajstić information content (AvgIpc) is 2.35. The second kappa shape index (κ2) is 6.30. The van der Waals surface area contributed by atoms with Gasteiger partial charge in [-0.1, -0.05) is 18.5 Å². The third kappa shape index (κ3) is 4.08. The van der Waals surface area contributed by atoms with Gasteiger partial charge in [-0.2, -0.15) is 17.5 Å². The van der Waals surface area contributed by atoms with E-state index in [9.17, 15) is 21.6 Å². The first-order valence-electron chi connectivity index (χ1n) is 5.58. The summed E-state index contributed by atoms with van der Waals surface area (Å²) in [5.74, 6) is 0. The third-order valence-corrected chi connectivity index (χ3v) is 4.82. The molecule has 0 bridgehead atoms. The van der Waals surface area contributed by atoms with Crippen molar-refractivity contribution in [1.29, 1.82) is 0 Å². The summed E-state index contributed by atoms with van der Waals surface area (Å²) in [6.45, 7) is -1.08. The summed E-state index contributed by atoms with van der Waals surface area (Å²) in [6, 6.07) is 3.40. The highest BCUT2D eigenvalue weighted by Gasteiger charge is 2.36. The second-order valence-electron chi connectivity index (χ2n) is 3.96. The highest BCUT2D eigenvalue weighted by atomic mass is 35.5. The molecule has 1 aromatic rings. The van der Waals surface area contributed by atoms with Crippen molar-refractivity contribution < 1.29 is 26.7 Å². The maximum atomic E-state index is 12.4. The topological polar surface area (TPSA) is 57.6 Å². The smallest absolute Gasteiger partial charge is 0.392 e. The molecule has 0 aliphatic carbocycles. The van der Waals surface area contributed by atoms with Crippen LogP contribution in [-0.2, 0) is 16.6 Å². The van der Waals surface area contributed by atoms with E-state index in [-0.39, 0.29) is 22.0 Å². The Morgan fingerprint density at radius 3 is 2.40 bits per heavy atom. The van der Waals surface area contributed by atoms with Gasteiger partial charge >= 0.3 is 6.18 Å². The van der Waals surface area contributed by atoms with Crippen molar-refractivity contribution in [2.24, 2.45) is 0 Å². The van der Waals surface area contributed by atoms with Gasteiger partial charge in [0.15, 0.2) is 0 Å². The van der Waals surface area contributed by atoms with E-state index in [2.05, 4.69) is 0 Å². The third-order valence-electron chi connectivity index (χ3n) is 2.53. The molecule has 114 valence electrons. The van der Waals surface area contributed by atoms with Crippen molar-refractivity contribution in [1.82, 2.24) is 4.31 Å². The Labute approximate surface area is 119 Å². The van der Waals surface area contributed by atoms with Crippen LogP contribution in [0.4, 0.5) is 13.2 Å². The minimum Gasteiger partial charge on any atom is -0.392 e. The molecule has 0 aliphatic heterocycles. The maximum absolute atomic E-state index is 12.4. The Bertz CT molecular complexity index is 575. The second-order valence-corrected chi connectivity index (χ2v) is 6.30. The number of benzene rings is 1. The molecule has 0 saturated carbocycles. The first kappa shape index (κ1) is 17.2. The zero-order valence-electron chi connectivity index (χ0n) is 10.5. The largest absolute Gasteiger partial charge is 0.402 e. The Morgan fingerprint density at radius 2 is 1.95 bits per heavy atom. The van der Waals surface area contributed by atoms with Crippen molar-refractivity contribution in [3.63, 3.8) is 0 Å². The van der Waals surface area contributed by atoms with E-state index in [1.165, 1.54) is 13.0 Å². The Kier molecular flexibility index (Phi) is 5.42. The monoisotopic (exact) mass is 331 g/mol. The molecule has 0 aliphatic rings. The summed E-state index contributed by atoms with van der Waals surface area (Å²) in [5, 5.41) is 9.16. The molecular weight excluding hydrogens is 319 g/mol. The van der Waals surface area contributed by atoms with Crippen molar-refractivity contribution >= 4 is 21.6 Å². The fraction of sp³-hybridized carbons (Fsp3) is 0.455. The Hall–Kier alpha value is -0.830. The first-order chi connectivity index (χ1) is 9.11. The number of aliphatic hydroxyl groups is 1. The van der Waals surface area contributed by atoms with Gasteiger partial charge in [-0.15, -0.1) is 0 Å². The van der Waals surface area contributed by atoms with E-state index in [0.29, 0.717) is 4.31 Å². The Morgan fingerprint density at radius 1 is 1.35 bits per heavy atom. The van der Waals surface area contributed by atoms with Gasteiger partial charge in [0, 0.05) is 11.6 Å². The molecule has 0 spiro atoms. The van der Waals surface area contributed by atoms with Crippen LogP contribution >= 0.6 is 11.6 Å². The predicted octanol–water partition coefficient (Wildman–Crippen LogP) is 2.41. The number of hydrogen-bond acceptors (Lipinski definition) is 3. The summed E-state index contributed by atoms with van der Waals surface area (Å²) < 4.78 is 61.7. The van der Waals surface area contributed by atoms with Crippen LogP contribution in [0.15, 0.2) is 23.1 Å². The van der Waals surface area contributed by atoms with E-state index in [1.807, 2.05) is 0 Å². The number of hydrogen-bond donors (Lipinski definition) is 1. The van der Waals surface area contributed by atoms with Crippen molar-refractivity contribution in [2.45, 2.75) is 24.6 Å². The molecule has 9 heteroatoms. The molecule has 0 amide bonds. The molecule has 20 heavy (non-hydrogen) atoms. The van der Waals surface area contributed by atoms with Crippen LogP contribution in [0.1, 0.15) is 12.5 Å². The molecule has 0 fully saturated rings. The van der Waals surface area contributed by atoms with Gasteiger partial charge in [0.05, 0.1) is 11.5 Å². The summed E-state index contributed by atoms with van der Waals surface area (Å²) in [7, 11) is -4.29. The lowest BCUT2D eigenvalue weighted by molar-refractivity contribution is -0.135. The molecule has 0 heterocycles. The molecule has 0 unspecified atom stereocenters. The SMILES string of the molecule is CCN(CC(F)(F)F)S(=O)(=O)c1ccc(Cl)c(CO)c1. The molecular formula is C11H13ClF3NO3S. The minimum atomic E-state index is -4.63. The maximum Gasteiger partial charge on any atom is 0.402 e. The van der Waals surface area contributed by atoms with E-state index in [0.717, 1.165) is 12.1 Å². The van der Waals surface area contributed by atoms with Gasteiger partial charge in [-0.25, -0.2) is 8.42 Å². The van der Waals surface area contributed by atoms with Gasteiger partial charge in [-0.05, 0) is 23.8 Å². The number of aliphatic hydroxyl groups excluding tert-OH is 1. The van der Waals surface area contributed by atoms with Crippen LogP contribution in [0, 0.1) is 0 Å². The summed E-state index contributed by atoms with van der Waals surface area (Å²) in [5.41, 5.74) is 0.135. The number of nitrogens with zero attached hydrogens (tertiary/aromatic N) is 1. The van der Waals surface area contributed by atoms with Crippen LogP contribution in [0.2, 0.25) is 5.02 Å². The first-order valence-corrected chi connectivity index (χ1v) is 7.39. The molecule has 1 rings (SSSR count). The van der Waals surface area contributed by atoms with Crippen molar-refractivity contribution in [2.75, 3.05) is 13.1 Å². The number of rotatable bonds is 5. The number of halogens is 4. The van der Waals surface area contributed by atoms with Crippen LogP contribution in [0.3, 0.4) is 0 Å². The molecule has 0 radical (unpaired) electrons. The summed E-state index contributed by atoms with van der Waals surface area (Å²) in [6.07, 6.45) is -4.63. The zero-order chi connectivity index (χ0) is 15.6. The van der Waals surface area contributed by atoms with Gasteiger partial charge in [0.2, 0.25) is 10.0 Å². The highest BCUT2D eigenvalue weighted by molar-refractivity contribution is 7.89. The normalized spacial score (nSPS) is 12.9. The predicted molar refractivity (Wildman–Crippen MR) is 67.9 cm³/mol. The fourth-order valence-electron chi connectivity index (χ4n) is 1.55. The van der Waals surface area contributed by atoms with Crippen molar-refractivity contribution in [3.05, 3.63) is 28.8 Å². The zero-order valence-corrected chi connectivity index (χ0v) is 12.1. The molecule has 1 N–H and O–H groups in total. The number of sulfonamides is 1. The van der Waals surface area contributed by atoms with Crippen LogP contribution in [0.5, 0.6) is 0 Å². The summed E-state index contributed by atoms with van der Waals surface area (Å²) >= 11 is 5.72. The lowest BCUT2D eigenvalue weighted by Crippen LogP contribution is -2.38. The average molecular weight is 332 g/mol. The van der Waals surface area contributed by atoms with Gasteiger partial charge in [0.25, 0.3) is 0 Å². The molecule has 0 aromatic heterocycles. The molecule has 0 saturated heterocycles. The standard InChI is InChI=1S/C11H13ClF3NO3S/c1-2-16(7-11(13,14)15)20(18,19)9-3-4-10(12)8(5-9)6-17/h3-5,17H,2,6-7H2,1H3. The fourth-order valence-corrected chi connectivity index (χ4v) is 3.21. The number of alkyl halides is 3. The quantitative estimate of drug-likeness (QED) is 0.901. The van der Waals surface area contributed by atoms with Crippen LogP contribution in [0.25, 0.3) is 0 Å². The molecule has 0 atom stereocenters. The summed E-state index contributed by atoms with van der Waals surface area (Å²) in [4.78, 5) is -0.336. The molecule has 1 aromatic carbocycles. The van der Waals surface area contributed by atoms with Gasteiger partial charge < -0.3 is 5.11 Å². The van der Waals surface area contributed by atoms with Crippen LogP contribution in [-0.4, -0.2) is 37.1 Å². The Balaban J connectivity index is 3.20. The van der Waals surface area contributed by atoms with E-state index >= 15 is 0 Å². The lowest BCUT2D eigenvalue weighted by Gasteiger charge is -2.22. The van der Waals surface area contributed by atoms with E-state index in [1.54, 1.807) is 0 Å². The molecule has 4 nitrogen and oxygen atoms in total. The van der Waals surface area contributed by atoms with E-state index < -0.39 is 29.4 Å². The van der Waals surface area contributed by atoms with E-state index in [4.69, 9.17) is 16.7 Å². The lowest BCUT2D eigenvalue weighted by atomic mass is 10.2. The van der Waals surface area contributed by atoms with Gasteiger partial charge in [0.1, 0.15) is 6.54 Å². The van der Waals surface area contributed by atoms with Gasteiger partial charge in [-0.3, -0.25) is 0 Å². The van der Waals surface area contributed by atoms with Crippen LogP contribution < -0.4 is 0 Å². The van der Waals surface area contributed by atoms with Crippen molar-refractivity contribution in [3.8, 4) is 0 Å². The highest BCUT2D eigenvalue weighted by Crippen LogP contribution is 2.25.